The lowest BCUT2D eigenvalue weighted by molar-refractivity contribution is -0.147. The summed E-state index contributed by atoms with van der Waals surface area (Å²) in [6.45, 7) is 3.10. The van der Waals surface area contributed by atoms with Gasteiger partial charge in [-0.25, -0.2) is 17.1 Å². The molecule has 276 valence electrons. The number of carbonyl (C=O) groups excluding carboxylic acids is 2. The van der Waals surface area contributed by atoms with E-state index < -0.39 is 22.1 Å². The molecule has 0 aliphatic carbocycles. The number of benzene rings is 4. The van der Waals surface area contributed by atoms with Crippen LogP contribution in [0, 0.1) is 11.7 Å². The summed E-state index contributed by atoms with van der Waals surface area (Å²) in [5, 5.41) is 0. The Hall–Kier alpha value is -4.38. The lowest BCUT2D eigenvalue weighted by Gasteiger charge is -2.48. The van der Waals surface area contributed by atoms with Crippen LogP contribution in [0.2, 0.25) is 0 Å². The van der Waals surface area contributed by atoms with Crippen LogP contribution in [-0.4, -0.2) is 51.1 Å². The van der Waals surface area contributed by atoms with Crippen LogP contribution in [0.3, 0.4) is 0 Å². The lowest BCUT2D eigenvalue weighted by Crippen LogP contribution is -2.55. The Morgan fingerprint density at radius 2 is 1.48 bits per heavy atom. The maximum Gasteiger partial charge on any atom is 0.303 e. The Morgan fingerprint density at radius 3 is 2.12 bits per heavy atom. The van der Waals surface area contributed by atoms with Crippen molar-refractivity contribution in [3.05, 3.63) is 137 Å². The van der Waals surface area contributed by atoms with Crippen molar-refractivity contribution >= 4 is 27.6 Å². The molecule has 1 aliphatic heterocycles. The number of hydrogen-bond donors (Lipinski definition) is 0. The highest BCUT2D eigenvalue weighted by Crippen LogP contribution is 2.46. The second-order valence-corrected chi connectivity index (χ2v) is 15.7. The Kier molecular flexibility index (Phi) is 13.7. The number of nitrogens with zero attached hydrogens (tertiary/aromatic N) is 2. The van der Waals surface area contributed by atoms with Crippen LogP contribution in [0.25, 0.3) is 0 Å². The number of unbranched alkanes of at least 4 members (excludes halogenated alkanes) is 1. The number of esters is 1. The van der Waals surface area contributed by atoms with Crippen molar-refractivity contribution in [2.45, 2.75) is 70.6 Å². The normalized spacial score (nSPS) is 16.5. The highest BCUT2D eigenvalue weighted by atomic mass is 32.2. The zero-order chi connectivity index (χ0) is 37.1. The molecule has 1 amide bonds. The molecule has 10 heteroatoms. The van der Waals surface area contributed by atoms with E-state index in [1.165, 1.54) is 40.7 Å². The van der Waals surface area contributed by atoms with Gasteiger partial charge in [0.25, 0.3) is 0 Å². The van der Waals surface area contributed by atoms with Gasteiger partial charge >= 0.3 is 5.97 Å². The number of halogens is 1. The molecule has 4 aromatic rings. The van der Waals surface area contributed by atoms with E-state index >= 15 is 0 Å². The molecule has 3 atom stereocenters. The number of anilines is 1. The number of rotatable bonds is 19. The molecule has 0 radical (unpaired) electrons. The van der Waals surface area contributed by atoms with E-state index in [1.54, 1.807) is 19.2 Å². The van der Waals surface area contributed by atoms with Crippen LogP contribution in [0.4, 0.5) is 10.1 Å². The fourth-order valence-corrected chi connectivity index (χ4v) is 7.14. The second-order valence-electron chi connectivity index (χ2n) is 13.6. The van der Waals surface area contributed by atoms with Crippen molar-refractivity contribution in [2.24, 2.45) is 5.92 Å². The SMILES string of the molecule is CC(=O)O[C@@H](CCC1C(=O)N(c2ccc(CCCN(C)S(C)(=O)=O)cc2)[C@@H]1c1ccc(CCCCOCc2ccccc2)cc1)c1ccc(F)cc1. The van der Waals surface area contributed by atoms with Crippen LogP contribution in [0.15, 0.2) is 103 Å². The van der Waals surface area contributed by atoms with Gasteiger partial charge in [0.1, 0.15) is 11.9 Å². The van der Waals surface area contributed by atoms with Gasteiger partial charge in [0.15, 0.2) is 0 Å². The first-order chi connectivity index (χ1) is 25.0. The minimum atomic E-state index is -3.22. The van der Waals surface area contributed by atoms with Crippen molar-refractivity contribution in [2.75, 3.05) is 31.4 Å². The third kappa shape index (κ3) is 10.8. The quantitative estimate of drug-likeness (QED) is 0.0553. The Labute approximate surface area is 307 Å². The van der Waals surface area contributed by atoms with Crippen molar-refractivity contribution in [3.8, 4) is 0 Å². The van der Waals surface area contributed by atoms with Crippen LogP contribution >= 0.6 is 0 Å². The standard InChI is InChI=1S/C42H49FN2O6S/c1-31(46)51-40(35-20-22-37(43)23-21-35)27-26-39-41(36-18-14-32(15-19-36)10-7-8-29-50-30-34-11-5-4-6-12-34)45(42(39)47)38-24-16-33(17-25-38)13-9-28-44(2)52(3,48)49/h4-6,11-12,14-25,39-41H,7-10,13,26-30H2,1-3H3/t39?,40-,41+/m0/s1. The Balaban J connectivity index is 1.25. The average molecular weight is 729 g/mol. The van der Waals surface area contributed by atoms with Crippen LogP contribution in [0.5, 0.6) is 0 Å². The van der Waals surface area contributed by atoms with Gasteiger partial charge in [-0.05, 0) is 97.0 Å². The van der Waals surface area contributed by atoms with Gasteiger partial charge in [0.2, 0.25) is 15.9 Å². The molecule has 0 saturated carbocycles. The van der Waals surface area contributed by atoms with Crippen LogP contribution in [0.1, 0.15) is 79.0 Å². The van der Waals surface area contributed by atoms with Gasteiger partial charge in [0, 0.05) is 32.8 Å². The predicted octanol–water partition coefficient (Wildman–Crippen LogP) is 7.98. The Morgan fingerprint density at radius 1 is 0.846 bits per heavy atom. The van der Waals surface area contributed by atoms with E-state index in [-0.39, 0.29) is 23.7 Å². The highest BCUT2D eigenvalue weighted by molar-refractivity contribution is 7.88. The third-order valence-electron chi connectivity index (χ3n) is 9.66. The van der Waals surface area contributed by atoms with E-state index in [0.29, 0.717) is 51.0 Å². The average Bonchev–Trinajstić information content (AvgIpc) is 3.12. The summed E-state index contributed by atoms with van der Waals surface area (Å²) in [7, 11) is -1.65. The lowest BCUT2D eigenvalue weighted by atomic mass is 9.78. The van der Waals surface area contributed by atoms with E-state index in [0.717, 1.165) is 36.1 Å². The topological polar surface area (TPSA) is 93.2 Å². The second kappa shape index (κ2) is 18.4. The highest BCUT2D eigenvalue weighted by Gasteiger charge is 2.48. The molecule has 4 aromatic carbocycles. The summed E-state index contributed by atoms with van der Waals surface area (Å²) in [4.78, 5) is 27.7. The molecule has 1 heterocycles. The summed E-state index contributed by atoms with van der Waals surface area (Å²) in [6.07, 6.45) is 5.78. The zero-order valence-corrected chi connectivity index (χ0v) is 31.1. The van der Waals surface area contributed by atoms with E-state index in [2.05, 4.69) is 36.4 Å². The molecule has 0 N–H and O–H groups in total. The fraction of sp³-hybridized carbons (Fsp3) is 0.381. The number of carbonyl (C=O) groups is 2. The number of aryl methyl sites for hydroxylation is 2. The zero-order valence-electron chi connectivity index (χ0n) is 30.2. The smallest absolute Gasteiger partial charge is 0.303 e. The first-order valence-corrected chi connectivity index (χ1v) is 19.8. The maximum atomic E-state index is 13.9. The van der Waals surface area contributed by atoms with E-state index in [4.69, 9.17) is 9.47 Å². The molecular formula is C42H49FN2O6S. The minimum Gasteiger partial charge on any atom is -0.458 e. The molecule has 1 saturated heterocycles. The maximum absolute atomic E-state index is 13.9. The molecule has 1 aliphatic rings. The predicted molar refractivity (Wildman–Crippen MR) is 202 cm³/mol. The summed E-state index contributed by atoms with van der Waals surface area (Å²) in [5.74, 6) is -1.15. The van der Waals surface area contributed by atoms with Gasteiger partial charge < -0.3 is 14.4 Å². The fourth-order valence-electron chi connectivity index (χ4n) is 6.68. The number of ether oxygens (including phenoxy) is 2. The van der Waals surface area contributed by atoms with Crippen molar-refractivity contribution < 1.29 is 31.9 Å². The molecular weight excluding hydrogens is 680 g/mol. The number of β-lactam (4-membered cyclic amide) rings is 1. The number of amides is 1. The molecule has 0 aromatic heterocycles. The molecule has 8 nitrogen and oxygen atoms in total. The van der Waals surface area contributed by atoms with Gasteiger partial charge in [-0.2, -0.15) is 0 Å². The molecule has 1 unspecified atom stereocenters. The molecule has 0 spiro atoms. The summed E-state index contributed by atoms with van der Waals surface area (Å²) in [5.41, 5.74) is 5.95. The van der Waals surface area contributed by atoms with Gasteiger partial charge in [-0.1, -0.05) is 78.9 Å². The summed E-state index contributed by atoms with van der Waals surface area (Å²) in [6, 6.07) is 32.2. The summed E-state index contributed by atoms with van der Waals surface area (Å²) < 4.78 is 50.0. The number of hydrogen-bond acceptors (Lipinski definition) is 6. The molecule has 1 fully saturated rings. The minimum absolute atomic E-state index is 0.00668. The van der Waals surface area contributed by atoms with Gasteiger partial charge in [-0.3, -0.25) is 9.59 Å². The summed E-state index contributed by atoms with van der Waals surface area (Å²) >= 11 is 0. The molecule has 5 rings (SSSR count). The van der Waals surface area contributed by atoms with E-state index in [1.807, 2.05) is 47.4 Å². The van der Waals surface area contributed by atoms with E-state index in [9.17, 15) is 22.4 Å². The largest absolute Gasteiger partial charge is 0.458 e. The van der Waals surface area contributed by atoms with Crippen molar-refractivity contribution in [3.63, 3.8) is 0 Å². The van der Waals surface area contributed by atoms with Crippen LogP contribution < -0.4 is 4.90 Å². The van der Waals surface area contributed by atoms with Crippen molar-refractivity contribution in [1.82, 2.24) is 4.31 Å². The molecule has 52 heavy (non-hydrogen) atoms. The first-order valence-electron chi connectivity index (χ1n) is 18.0. The first kappa shape index (κ1) is 38.8. The monoisotopic (exact) mass is 728 g/mol. The Bertz CT molecular complexity index is 1850. The van der Waals surface area contributed by atoms with Gasteiger partial charge in [0.05, 0.1) is 24.8 Å². The van der Waals surface area contributed by atoms with Gasteiger partial charge in [-0.15, -0.1) is 0 Å². The van der Waals surface area contributed by atoms with Crippen LogP contribution in [-0.2, 0) is 48.5 Å². The third-order valence-corrected chi connectivity index (χ3v) is 11.0. The molecule has 0 bridgehead atoms. The number of sulfonamides is 1. The van der Waals surface area contributed by atoms with Crippen molar-refractivity contribution in [1.29, 1.82) is 0 Å².